The van der Waals surface area contributed by atoms with Gasteiger partial charge in [0.25, 0.3) is 0 Å². The molecule has 0 amide bonds. The first-order chi connectivity index (χ1) is 13.6. The molecule has 1 aliphatic rings. The fourth-order valence-electron chi connectivity index (χ4n) is 2.75. The van der Waals surface area contributed by atoms with Crippen LogP contribution in [0.3, 0.4) is 0 Å². The number of hydrogen-bond donors (Lipinski definition) is 2. The van der Waals surface area contributed by atoms with Gasteiger partial charge in [-0.05, 0) is 18.6 Å². The molecule has 2 N–H and O–H groups in total. The molecule has 7 nitrogen and oxygen atoms in total. The Kier molecular flexibility index (Phi) is 12.9. The van der Waals surface area contributed by atoms with Crippen molar-refractivity contribution >= 4 is 29.9 Å². The zero-order valence-corrected chi connectivity index (χ0v) is 19.3. The number of halogens is 3. The van der Waals surface area contributed by atoms with E-state index in [4.69, 9.17) is 9.47 Å². The van der Waals surface area contributed by atoms with Crippen LogP contribution < -0.4 is 20.1 Å². The highest BCUT2D eigenvalue weighted by atomic mass is 127. The lowest BCUT2D eigenvalue weighted by molar-refractivity contribution is -0.0505. The molecule has 0 radical (unpaired) electrons. The molecule has 2 rings (SSSR count). The van der Waals surface area contributed by atoms with Gasteiger partial charge in [-0.25, -0.2) is 0 Å². The normalized spacial score (nSPS) is 15.0. The van der Waals surface area contributed by atoms with Crippen LogP contribution in [0.2, 0.25) is 0 Å². The third-order valence-corrected chi connectivity index (χ3v) is 4.22. The minimum Gasteiger partial charge on any atom is -0.493 e. The van der Waals surface area contributed by atoms with Gasteiger partial charge in [0.1, 0.15) is 11.5 Å². The van der Waals surface area contributed by atoms with Gasteiger partial charge < -0.3 is 24.8 Å². The Morgan fingerprint density at radius 3 is 2.69 bits per heavy atom. The van der Waals surface area contributed by atoms with Crippen molar-refractivity contribution in [1.82, 2.24) is 15.5 Å². The first-order valence-electron chi connectivity index (χ1n) is 9.57. The number of benzene rings is 1. The molecule has 1 saturated heterocycles. The van der Waals surface area contributed by atoms with Crippen molar-refractivity contribution in [3.63, 3.8) is 0 Å². The van der Waals surface area contributed by atoms with Crippen molar-refractivity contribution in [2.45, 2.75) is 26.5 Å². The Morgan fingerprint density at radius 1 is 1.28 bits per heavy atom. The summed E-state index contributed by atoms with van der Waals surface area (Å²) in [4.78, 5) is 6.48. The van der Waals surface area contributed by atoms with Crippen LogP contribution in [-0.4, -0.2) is 70.5 Å². The summed E-state index contributed by atoms with van der Waals surface area (Å²) in [7, 11) is 1.67. The number of guanidine groups is 1. The maximum atomic E-state index is 12.8. The predicted molar refractivity (Wildman–Crippen MR) is 120 cm³/mol. The molecule has 1 fully saturated rings. The highest BCUT2D eigenvalue weighted by molar-refractivity contribution is 14.0. The van der Waals surface area contributed by atoms with Crippen LogP contribution in [0, 0.1) is 0 Å². The SMILES string of the molecule is CCCOc1ccc(CNC(=NC)NCCN2CCOCC2)c(OC(F)F)c1.I. The minimum atomic E-state index is -2.90. The van der Waals surface area contributed by atoms with Crippen molar-refractivity contribution in [1.29, 1.82) is 0 Å². The van der Waals surface area contributed by atoms with Crippen LogP contribution in [0.5, 0.6) is 11.5 Å². The number of morpholine rings is 1. The molecule has 0 bridgehead atoms. The van der Waals surface area contributed by atoms with Crippen LogP contribution >= 0.6 is 24.0 Å². The molecule has 0 saturated carbocycles. The molecule has 0 atom stereocenters. The molecule has 0 aromatic heterocycles. The fraction of sp³-hybridized carbons (Fsp3) is 0.632. The van der Waals surface area contributed by atoms with Crippen LogP contribution in [-0.2, 0) is 11.3 Å². The van der Waals surface area contributed by atoms with E-state index in [1.807, 2.05) is 6.92 Å². The lowest BCUT2D eigenvalue weighted by Gasteiger charge is -2.26. The van der Waals surface area contributed by atoms with Crippen molar-refractivity contribution in [3.8, 4) is 11.5 Å². The number of aliphatic imine (C=N–C) groups is 1. The van der Waals surface area contributed by atoms with Gasteiger partial charge in [0.2, 0.25) is 0 Å². The van der Waals surface area contributed by atoms with Crippen LogP contribution in [0.25, 0.3) is 0 Å². The van der Waals surface area contributed by atoms with Crippen LogP contribution in [0.15, 0.2) is 23.2 Å². The summed E-state index contributed by atoms with van der Waals surface area (Å²) in [5, 5.41) is 6.36. The highest BCUT2D eigenvalue weighted by Gasteiger charge is 2.13. The monoisotopic (exact) mass is 528 g/mol. The first kappa shape index (κ1) is 25.6. The van der Waals surface area contributed by atoms with Crippen molar-refractivity contribution < 1.29 is 23.0 Å². The van der Waals surface area contributed by atoms with Crippen LogP contribution in [0.1, 0.15) is 18.9 Å². The van der Waals surface area contributed by atoms with Gasteiger partial charge in [0.15, 0.2) is 5.96 Å². The van der Waals surface area contributed by atoms with Gasteiger partial charge in [-0.15, -0.1) is 24.0 Å². The molecule has 0 spiro atoms. The van der Waals surface area contributed by atoms with Crippen molar-refractivity contribution in [2.75, 3.05) is 53.0 Å². The summed E-state index contributed by atoms with van der Waals surface area (Å²) in [5.74, 6) is 1.21. The molecule has 1 aromatic carbocycles. The molecule has 10 heteroatoms. The summed E-state index contributed by atoms with van der Waals surface area (Å²) in [6.07, 6.45) is 0.834. The largest absolute Gasteiger partial charge is 0.493 e. The van der Waals surface area contributed by atoms with Gasteiger partial charge in [0, 0.05) is 51.4 Å². The highest BCUT2D eigenvalue weighted by Crippen LogP contribution is 2.26. The van der Waals surface area contributed by atoms with E-state index in [1.54, 1.807) is 19.2 Å². The molecule has 0 unspecified atom stereocenters. The Bertz CT molecular complexity index is 617. The third-order valence-electron chi connectivity index (χ3n) is 4.22. The maximum Gasteiger partial charge on any atom is 0.387 e. The van der Waals surface area contributed by atoms with Gasteiger partial charge in [-0.1, -0.05) is 6.92 Å². The second kappa shape index (κ2) is 14.6. The van der Waals surface area contributed by atoms with E-state index >= 15 is 0 Å². The van der Waals surface area contributed by atoms with E-state index < -0.39 is 6.61 Å². The second-order valence-electron chi connectivity index (χ2n) is 6.30. The minimum absolute atomic E-state index is 0. The van der Waals surface area contributed by atoms with E-state index in [-0.39, 0.29) is 29.7 Å². The van der Waals surface area contributed by atoms with Gasteiger partial charge in [-0.2, -0.15) is 8.78 Å². The molecule has 1 heterocycles. The summed E-state index contributed by atoms with van der Waals surface area (Å²) in [6.45, 7) is 4.88. The zero-order chi connectivity index (χ0) is 20.2. The van der Waals surface area contributed by atoms with Gasteiger partial charge in [-0.3, -0.25) is 9.89 Å². The average Bonchev–Trinajstić information content (AvgIpc) is 2.70. The fourth-order valence-corrected chi connectivity index (χ4v) is 2.75. The summed E-state index contributed by atoms with van der Waals surface area (Å²) >= 11 is 0. The molecule has 0 aliphatic carbocycles. The zero-order valence-electron chi connectivity index (χ0n) is 17.0. The van der Waals surface area contributed by atoms with Crippen LogP contribution in [0.4, 0.5) is 8.78 Å². The van der Waals surface area contributed by atoms with Crippen molar-refractivity contribution in [3.05, 3.63) is 23.8 Å². The lowest BCUT2D eigenvalue weighted by atomic mass is 10.2. The number of nitrogens with zero attached hydrogens (tertiary/aromatic N) is 2. The average molecular weight is 528 g/mol. The number of alkyl halides is 2. The summed E-state index contributed by atoms with van der Waals surface area (Å²) in [6, 6.07) is 4.96. The maximum absolute atomic E-state index is 12.8. The number of rotatable bonds is 10. The Hall–Kier alpha value is -1.40. The molecule has 1 aliphatic heterocycles. The van der Waals surface area contributed by atoms with E-state index in [2.05, 4.69) is 25.3 Å². The Morgan fingerprint density at radius 2 is 2.03 bits per heavy atom. The molecule has 166 valence electrons. The second-order valence-corrected chi connectivity index (χ2v) is 6.30. The Balaban J connectivity index is 0.00000420. The van der Waals surface area contributed by atoms with E-state index in [1.165, 1.54) is 6.07 Å². The van der Waals surface area contributed by atoms with E-state index in [0.717, 1.165) is 45.8 Å². The van der Waals surface area contributed by atoms with Gasteiger partial charge in [0.05, 0.1) is 19.8 Å². The first-order valence-corrected chi connectivity index (χ1v) is 9.57. The van der Waals surface area contributed by atoms with Crippen molar-refractivity contribution in [2.24, 2.45) is 4.99 Å². The predicted octanol–water partition coefficient (Wildman–Crippen LogP) is 2.69. The lowest BCUT2D eigenvalue weighted by Crippen LogP contribution is -2.44. The third kappa shape index (κ3) is 9.77. The van der Waals surface area contributed by atoms with E-state index in [0.29, 0.717) is 30.4 Å². The topological polar surface area (TPSA) is 67.4 Å². The van der Waals surface area contributed by atoms with Gasteiger partial charge >= 0.3 is 6.61 Å². The molecule has 1 aromatic rings. The summed E-state index contributed by atoms with van der Waals surface area (Å²) in [5.41, 5.74) is 0.597. The van der Waals surface area contributed by atoms with E-state index in [9.17, 15) is 8.78 Å². The number of nitrogens with one attached hydrogen (secondary N) is 2. The number of hydrogen-bond acceptors (Lipinski definition) is 5. The summed E-state index contributed by atoms with van der Waals surface area (Å²) < 4.78 is 41.0. The Labute approximate surface area is 188 Å². The smallest absolute Gasteiger partial charge is 0.387 e. The standard InChI is InChI=1S/C19H30F2N4O3.HI/c1-3-10-27-16-5-4-15(17(13-16)28-18(20)21)14-24-19(22-2)23-6-7-25-8-11-26-12-9-25;/h4-5,13,18H,3,6-12,14H2,1-2H3,(H2,22,23,24);1H. The number of ether oxygens (including phenoxy) is 3. The molecule has 29 heavy (non-hydrogen) atoms. The quantitative estimate of drug-likeness (QED) is 0.277. The molecular weight excluding hydrogens is 497 g/mol. The molecular formula is C19H31F2IN4O3.